The molecule has 258 valence electrons. The second-order valence-electron chi connectivity index (χ2n) is 11.9. The summed E-state index contributed by atoms with van der Waals surface area (Å²) >= 11 is 4.40. The fourth-order valence-electron chi connectivity index (χ4n) is 6.84. The number of methoxy groups -OCH3 is 2. The molecule has 0 aromatic heterocycles. The SMILES string of the molecule is COc1c(I)cccc1CN1C[C@H](O)[C@H]2[C@H](C)OC(=O)[C@H]21.COc1c(I)cccc1CN1O[C@@H](COS(C)(=O)=O)[C@H]2[C@H](C)OC(=O)[C@H]21. The highest BCUT2D eigenvalue weighted by Crippen LogP contribution is 2.40. The van der Waals surface area contributed by atoms with Gasteiger partial charge >= 0.3 is 11.9 Å². The number of hydrogen-bond acceptors (Lipinski definition) is 13. The molecule has 0 unspecified atom stereocenters. The number of hydrogen-bond donors (Lipinski definition) is 1. The van der Waals surface area contributed by atoms with E-state index in [1.165, 1.54) is 0 Å². The van der Waals surface area contributed by atoms with E-state index >= 15 is 0 Å². The number of esters is 2. The van der Waals surface area contributed by atoms with E-state index in [1.807, 2.05) is 48.2 Å². The number of aliphatic hydroxyl groups is 1. The van der Waals surface area contributed by atoms with Crippen molar-refractivity contribution in [3.8, 4) is 11.5 Å². The zero-order valence-electron chi connectivity index (χ0n) is 26.5. The molecule has 0 saturated carbocycles. The quantitative estimate of drug-likeness (QED) is 0.224. The van der Waals surface area contributed by atoms with Crippen LogP contribution in [0, 0.1) is 19.0 Å². The molecule has 0 bridgehead atoms. The first-order chi connectivity index (χ1) is 22.2. The summed E-state index contributed by atoms with van der Waals surface area (Å²) in [5.41, 5.74) is 1.87. The number of para-hydroxylation sites is 2. The van der Waals surface area contributed by atoms with Crippen molar-refractivity contribution in [3.63, 3.8) is 0 Å². The molecule has 1 N–H and O–H groups in total. The van der Waals surface area contributed by atoms with Gasteiger partial charge in [0.05, 0.1) is 52.8 Å². The molecule has 4 saturated heterocycles. The Labute approximate surface area is 301 Å². The summed E-state index contributed by atoms with van der Waals surface area (Å²) in [4.78, 5) is 32.2. The fraction of sp³-hybridized carbons (Fsp3) is 0.548. The highest BCUT2D eigenvalue weighted by Gasteiger charge is 2.57. The summed E-state index contributed by atoms with van der Waals surface area (Å²) < 4.78 is 51.0. The van der Waals surface area contributed by atoms with Crippen LogP contribution in [0.1, 0.15) is 25.0 Å². The largest absolute Gasteiger partial charge is 0.495 e. The monoisotopic (exact) mass is 900 g/mol. The molecule has 13 nitrogen and oxygen atoms in total. The van der Waals surface area contributed by atoms with Gasteiger partial charge in [-0.2, -0.15) is 13.5 Å². The molecule has 4 heterocycles. The number of likely N-dealkylation sites (tertiary alicyclic amines) is 1. The minimum Gasteiger partial charge on any atom is -0.495 e. The number of halogens is 2. The van der Waals surface area contributed by atoms with E-state index in [1.54, 1.807) is 26.2 Å². The van der Waals surface area contributed by atoms with Crippen LogP contribution in [0.5, 0.6) is 11.5 Å². The molecule has 4 fully saturated rings. The Morgan fingerprint density at radius 1 is 0.872 bits per heavy atom. The number of β-amino-alcohol motifs (C(OH)–C–C–N with tert-alkyl or cyclic N) is 1. The zero-order valence-corrected chi connectivity index (χ0v) is 31.6. The molecule has 0 radical (unpaired) electrons. The molecule has 47 heavy (non-hydrogen) atoms. The Bertz CT molecular complexity index is 1600. The molecule has 4 aliphatic rings. The number of carbonyl (C=O) groups excluding carboxylic acids is 2. The van der Waals surface area contributed by atoms with Crippen molar-refractivity contribution >= 4 is 67.2 Å². The van der Waals surface area contributed by atoms with Gasteiger partial charge in [-0.15, -0.1) is 0 Å². The molecule has 2 aromatic rings. The molecular formula is C31H38I2N2O11S. The van der Waals surface area contributed by atoms with Gasteiger partial charge in [0.15, 0.2) is 0 Å². The lowest BCUT2D eigenvalue weighted by molar-refractivity contribution is -0.194. The van der Waals surface area contributed by atoms with E-state index < -0.39 is 28.4 Å². The number of aliphatic hydroxyl groups excluding tert-OH is 1. The Morgan fingerprint density at radius 3 is 1.96 bits per heavy atom. The average molecular weight is 901 g/mol. The summed E-state index contributed by atoms with van der Waals surface area (Å²) in [6.45, 7) is 4.82. The van der Waals surface area contributed by atoms with E-state index in [4.69, 9.17) is 28.0 Å². The van der Waals surface area contributed by atoms with Crippen molar-refractivity contribution in [1.29, 1.82) is 0 Å². The predicted octanol–water partition coefficient (Wildman–Crippen LogP) is 2.73. The lowest BCUT2D eigenvalue weighted by Gasteiger charge is -2.22. The number of hydroxylamine groups is 2. The normalized spacial score (nSPS) is 30.3. The lowest BCUT2D eigenvalue weighted by Crippen LogP contribution is -2.35. The molecule has 2 aromatic carbocycles. The third kappa shape index (κ3) is 7.84. The van der Waals surface area contributed by atoms with E-state index in [9.17, 15) is 23.1 Å². The maximum absolute atomic E-state index is 12.3. The Kier molecular flexibility index (Phi) is 11.6. The minimum absolute atomic E-state index is 0.133. The van der Waals surface area contributed by atoms with Gasteiger partial charge in [-0.3, -0.25) is 23.5 Å². The molecule has 0 aliphatic carbocycles. The summed E-state index contributed by atoms with van der Waals surface area (Å²) in [7, 11) is -0.375. The number of rotatable bonds is 9. The summed E-state index contributed by atoms with van der Waals surface area (Å²) in [6.07, 6.45) is -0.743. The van der Waals surface area contributed by atoms with Gasteiger partial charge in [0, 0.05) is 30.1 Å². The minimum atomic E-state index is -3.61. The van der Waals surface area contributed by atoms with Crippen molar-refractivity contribution in [1.82, 2.24) is 9.96 Å². The van der Waals surface area contributed by atoms with Gasteiger partial charge in [0.2, 0.25) is 0 Å². The van der Waals surface area contributed by atoms with Gasteiger partial charge in [-0.25, -0.2) is 0 Å². The van der Waals surface area contributed by atoms with E-state index in [0.717, 1.165) is 30.3 Å². The first kappa shape index (κ1) is 36.5. The topological polar surface area (TPSA) is 150 Å². The summed E-state index contributed by atoms with van der Waals surface area (Å²) in [6, 6.07) is 10.7. The third-order valence-electron chi connectivity index (χ3n) is 8.82. The Morgan fingerprint density at radius 2 is 1.40 bits per heavy atom. The van der Waals surface area contributed by atoms with Gasteiger partial charge in [0.25, 0.3) is 10.1 Å². The number of benzene rings is 2. The van der Waals surface area contributed by atoms with E-state index in [0.29, 0.717) is 25.4 Å². The van der Waals surface area contributed by atoms with Crippen LogP contribution in [0.3, 0.4) is 0 Å². The number of nitrogens with zero attached hydrogens (tertiary/aromatic N) is 2. The first-order valence-corrected chi connectivity index (χ1v) is 18.9. The van der Waals surface area contributed by atoms with Crippen LogP contribution in [-0.2, 0) is 51.3 Å². The van der Waals surface area contributed by atoms with Gasteiger partial charge in [-0.1, -0.05) is 24.3 Å². The number of ether oxygens (including phenoxy) is 4. The van der Waals surface area contributed by atoms with Crippen LogP contribution in [0.4, 0.5) is 0 Å². The Balaban J connectivity index is 0.000000189. The second kappa shape index (κ2) is 15.0. The predicted molar refractivity (Wildman–Crippen MR) is 185 cm³/mol. The van der Waals surface area contributed by atoms with Crippen LogP contribution in [0.2, 0.25) is 0 Å². The van der Waals surface area contributed by atoms with Crippen molar-refractivity contribution in [2.24, 2.45) is 11.8 Å². The number of carbonyl (C=O) groups is 2. The molecular weight excluding hydrogens is 862 g/mol. The summed E-state index contributed by atoms with van der Waals surface area (Å²) in [5.74, 6) is 0.492. The van der Waals surface area contributed by atoms with Crippen LogP contribution >= 0.6 is 45.2 Å². The summed E-state index contributed by atoms with van der Waals surface area (Å²) in [5, 5.41) is 11.8. The van der Waals surface area contributed by atoms with Gasteiger partial charge in [0.1, 0.15) is 41.9 Å². The van der Waals surface area contributed by atoms with Gasteiger partial charge in [-0.05, 0) is 71.2 Å². The molecule has 0 spiro atoms. The molecule has 16 heteroatoms. The molecule has 0 amide bonds. The van der Waals surface area contributed by atoms with Crippen LogP contribution in [0.15, 0.2) is 36.4 Å². The first-order valence-electron chi connectivity index (χ1n) is 15.0. The molecule has 6 rings (SSSR count). The van der Waals surface area contributed by atoms with Crippen molar-refractivity contribution in [2.75, 3.05) is 33.6 Å². The highest BCUT2D eigenvalue weighted by atomic mass is 127. The van der Waals surface area contributed by atoms with Crippen LogP contribution < -0.4 is 9.47 Å². The van der Waals surface area contributed by atoms with Crippen molar-refractivity contribution in [3.05, 3.63) is 54.7 Å². The average Bonchev–Trinajstić information content (AvgIpc) is 3.70. The van der Waals surface area contributed by atoms with Crippen LogP contribution in [0.25, 0.3) is 0 Å². The van der Waals surface area contributed by atoms with Crippen molar-refractivity contribution < 1.29 is 51.1 Å². The van der Waals surface area contributed by atoms with E-state index in [-0.39, 0.29) is 48.6 Å². The van der Waals surface area contributed by atoms with Crippen molar-refractivity contribution in [2.45, 2.75) is 63.4 Å². The number of fused-ring (bicyclic) bond motifs is 2. The van der Waals surface area contributed by atoms with Gasteiger partial charge < -0.3 is 24.1 Å². The third-order valence-corrected chi connectivity index (χ3v) is 11.1. The zero-order chi connectivity index (χ0) is 34.2. The standard InChI is InChI=1S/C16H20INO7S.C15H18INO4/c1-9-13-12(8-23-26(3,20)21)25-18(14(13)16(19)24-9)7-10-5-4-6-11(17)15(10)22-2;1-8-12-11(18)7-17(13(12)15(19)21-8)6-9-4-3-5-10(16)14(9)20-2/h4-6,9,12-14H,7-8H2,1-3H3;3-5,8,11-13,18H,6-7H2,1-2H3/t9-,12-,13+,14-;8-,11-,12+,13-/m00/s1. The maximum Gasteiger partial charge on any atom is 0.326 e. The highest BCUT2D eigenvalue weighted by molar-refractivity contribution is 14.1. The smallest absolute Gasteiger partial charge is 0.326 e. The second-order valence-corrected chi connectivity index (χ2v) is 15.9. The lowest BCUT2D eigenvalue weighted by atomic mass is 9.93. The number of cyclic esters (lactones) is 2. The molecule has 4 aliphatic heterocycles. The van der Waals surface area contributed by atoms with Crippen LogP contribution in [-0.4, -0.2) is 106 Å². The Hall–Kier alpha value is -1.81. The fourth-order valence-corrected chi connectivity index (χ4v) is 8.77. The maximum atomic E-state index is 12.3. The van der Waals surface area contributed by atoms with E-state index in [2.05, 4.69) is 45.2 Å². The molecule has 8 atom stereocenters.